The fraction of sp³-hybridized carbons (Fsp3) is 0.533. The van der Waals surface area contributed by atoms with Crippen LogP contribution < -0.4 is 5.32 Å². The molecular weight excluding hydrogens is 283 g/mol. The fourth-order valence-electron chi connectivity index (χ4n) is 1.76. The van der Waals surface area contributed by atoms with Gasteiger partial charge in [0.1, 0.15) is 0 Å². The quantitative estimate of drug-likeness (QED) is 0.794. The predicted molar refractivity (Wildman–Crippen MR) is 73.3 cm³/mol. The van der Waals surface area contributed by atoms with Gasteiger partial charge < -0.3 is 10.4 Å². The molecule has 0 aliphatic rings. The topological polar surface area (TPSA) is 49.3 Å². The molecule has 0 spiro atoms. The standard InChI is InChI=1S/C15H20F3NO2/c1-9(2)6-7-15(3,21)8-19-14(20)10-4-5-11(16)13(18)12(10)17/h4-5,9,21H,6-8H2,1-3H3,(H,19,20). The summed E-state index contributed by atoms with van der Waals surface area (Å²) in [7, 11) is 0. The van der Waals surface area contributed by atoms with Crippen molar-refractivity contribution in [3.05, 3.63) is 35.1 Å². The van der Waals surface area contributed by atoms with Crippen molar-refractivity contribution in [3.63, 3.8) is 0 Å². The van der Waals surface area contributed by atoms with Crippen LogP contribution in [-0.4, -0.2) is 23.2 Å². The van der Waals surface area contributed by atoms with E-state index in [-0.39, 0.29) is 6.54 Å². The zero-order chi connectivity index (χ0) is 16.2. The minimum atomic E-state index is -1.69. The van der Waals surface area contributed by atoms with E-state index in [2.05, 4.69) is 5.32 Å². The molecule has 0 bridgehead atoms. The van der Waals surface area contributed by atoms with Gasteiger partial charge in [0.15, 0.2) is 17.5 Å². The number of rotatable bonds is 6. The van der Waals surface area contributed by atoms with E-state index in [4.69, 9.17) is 0 Å². The third-order valence-corrected chi connectivity index (χ3v) is 3.17. The number of carbonyl (C=O) groups excluding carboxylic acids is 1. The summed E-state index contributed by atoms with van der Waals surface area (Å²) in [6.07, 6.45) is 1.23. The van der Waals surface area contributed by atoms with Crippen LogP contribution in [0.15, 0.2) is 12.1 Å². The van der Waals surface area contributed by atoms with Gasteiger partial charge >= 0.3 is 0 Å². The molecule has 2 N–H and O–H groups in total. The monoisotopic (exact) mass is 303 g/mol. The molecule has 0 aromatic heterocycles. The summed E-state index contributed by atoms with van der Waals surface area (Å²) in [6, 6.07) is 1.55. The van der Waals surface area contributed by atoms with E-state index in [0.29, 0.717) is 18.4 Å². The number of hydrogen-bond acceptors (Lipinski definition) is 2. The SMILES string of the molecule is CC(C)CCC(C)(O)CNC(=O)c1ccc(F)c(F)c1F. The molecule has 1 atom stereocenters. The Balaban J connectivity index is 2.68. The maximum absolute atomic E-state index is 13.4. The van der Waals surface area contributed by atoms with Crippen LogP contribution >= 0.6 is 0 Å². The second kappa shape index (κ2) is 6.93. The highest BCUT2D eigenvalue weighted by Gasteiger charge is 2.24. The van der Waals surface area contributed by atoms with Gasteiger partial charge in [-0.1, -0.05) is 13.8 Å². The molecule has 1 rings (SSSR count). The van der Waals surface area contributed by atoms with Crippen LogP contribution in [0.3, 0.4) is 0 Å². The van der Waals surface area contributed by atoms with Crippen LogP contribution in [0.25, 0.3) is 0 Å². The molecular formula is C15H20F3NO2. The Morgan fingerprint density at radius 2 is 1.90 bits per heavy atom. The molecule has 21 heavy (non-hydrogen) atoms. The fourth-order valence-corrected chi connectivity index (χ4v) is 1.76. The molecule has 0 radical (unpaired) electrons. The lowest BCUT2D eigenvalue weighted by Crippen LogP contribution is -2.41. The molecule has 0 aliphatic heterocycles. The minimum absolute atomic E-state index is 0.100. The lowest BCUT2D eigenvalue weighted by molar-refractivity contribution is 0.0428. The van der Waals surface area contributed by atoms with Crippen molar-refractivity contribution in [3.8, 4) is 0 Å². The van der Waals surface area contributed by atoms with Crippen molar-refractivity contribution in [1.29, 1.82) is 0 Å². The maximum atomic E-state index is 13.4. The highest BCUT2D eigenvalue weighted by atomic mass is 19.2. The Labute approximate surface area is 122 Å². The normalized spacial score (nSPS) is 14.1. The number of amides is 1. The molecule has 0 fully saturated rings. The maximum Gasteiger partial charge on any atom is 0.254 e. The van der Waals surface area contributed by atoms with Crippen LogP contribution in [0, 0.1) is 23.4 Å². The number of nitrogens with one attached hydrogen (secondary N) is 1. The first-order valence-corrected chi connectivity index (χ1v) is 6.78. The van der Waals surface area contributed by atoms with Gasteiger partial charge in [-0.25, -0.2) is 13.2 Å². The van der Waals surface area contributed by atoms with E-state index >= 15 is 0 Å². The molecule has 0 heterocycles. The molecule has 0 saturated carbocycles. The first kappa shape index (κ1) is 17.5. The Kier molecular flexibility index (Phi) is 5.78. The largest absolute Gasteiger partial charge is 0.388 e. The third-order valence-electron chi connectivity index (χ3n) is 3.17. The smallest absolute Gasteiger partial charge is 0.254 e. The van der Waals surface area contributed by atoms with Gasteiger partial charge in [-0.3, -0.25) is 4.79 Å². The van der Waals surface area contributed by atoms with E-state index in [1.165, 1.54) is 0 Å². The Hall–Kier alpha value is -1.56. The first-order valence-electron chi connectivity index (χ1n) is 6.78. The van der Waals surface area contributed by atoms with Gasteiger partial charge in [0.2, 0.25) is 0 Å². The molecule has 0 saturated heterocycles. The van der Waals surface area contributed by atoms with Crippen LogP contribution in [0.4, 0.5) is 13.2 Å². The number of halogens is 3. The van der Waals surface area contributed by atoms with Gasteiger partial charge in [0, 0.05) is 6.54 Å². The molecule has 1 aromatic rings. The van der Waals surface area contributed by atoms with Crippen LogP contribution in [-0.2, 0) is 0 Å². The summed E-state index contributed by atoms with van der Waals surface area (Å²) >= 11 is 0. The summed E-state index contributed by atoms with van der Waals surface area (Å²) in [6.45, 7) is 5.46. The lowest BCUT2D eigenvalue weighted by atomic mass is 9.95. The number of carbonyl (C=O) groups is 1. The summed E-state index contributed by atoms with van der Waals surface area (Å²) in [5.74, 6) is -5.07. The lowest BCUT2D eigenvalue weighted by Gasteiger charge is -2.24. The number of aliphatic hydroxyl groups is 1. The second-order valence-electron chi connectivity index (χ2n) is 5.84. The van der Waals surface area contributed by atoms with E-state index in [1.54, 1.807) is 6.92 Å². The van der Waals surface area contributed by atoms with Crippen molar-refractivity contribution in [2.24, 2.45) is 5.92 Å². The first-order chi connectivity index (χ1) is 9.64. The highest BCUT2D eigenvalue weighted by Crippen LogP contribution is 2.17. The second-order valence-corrected chi connectivity index (χ2v) is 5.84. The minimum Gasteiger partial charge on any atom is -0.388 e. The third kappa shape index (κ3) is 5.04. The summed E-state index contributed by atoms with van der Waals surface area (Å²) in [5, 5.41) is 12.4. The van der Waals surface area contributed by atoms with Crippen molar-refractivity contribution in [2.45, 2.75) is 39.2 Å². The number of benzene rings is 1. The van der Waals surface area contributed by atoms with E-state index in [0.717, 1.165) is 12.5 Å². The van der Waals surface area contributed by atoms with Gasteiger partial charge in [0.05, 0.1) is 11.2 Å². The van der Waals surface area contributed by atoms with Crippen LogP contribution in [0.2, 0.25) is 0 Å². The van der Waals surface area contributed by atoms with Gasteiger partial charge in [-0.05, 0) is 37.8 Å². The zero-order valence-corrected chi connectivity index (χ0v) is 12.3. The Morgan fingerprint density at radius 3 is 2.48 bits per heavy atom. The highest BCUT2D eigenvalue weighted by molar-refractivity contribution is 5.94. The van der Waals surface area contributed by atoms with Crippen molar-refractivity contribution in [2.75, 3.05) is 6.54 Å². The summed E-state index contributed by atoms with van der Waals surface area (Å²) < 4.78 is 39.3. The van der Waals surface area contributed by atoms with Crippen molar-refractivity contribution >= 4 is 5.91 Å². The molecule has 6 heteroatoms. The summed E-state index contributed by atoms with van der Waals surface area (Å²) in [4.78, 5) is 11.8. The van der Waals surface area contributed by atoms with Gasteiger partial charge in [-0.2, -0.15) is 0 Å². The van der Waals surface area contributed by atoms with Gasteiger partial charge in [0.25, 0.3) is 5.91 Å². The van der Waals surface area contributed by atoms with Crippen LogP contribution in [0.1, 0.15) is 44.0 Å². The van der Waals surface area contributed by atoms with Crippen LogP contribution in [0.5, 0.6) is 0 Å². The molecule has 1 aromatic carbocycles. The van der Waals surface area contributed by atoms with Crippen molar-refractivity contribution in [1.82, 2.24) is 5.32 Å². The van der Waals surface area contributed by atoms with E-state index < -0.39 is 34.5 Å². The van der Waals surface area contributed by atoms with Gasteiger partial charge in [-0.15, -0.1) is 0 Å². The van der Waals surface area contributed by atoms with E-state index in [1.807, 2.05) is 13.8 Å². The molecule has 118 valence electrons. The van der Waals surface area contributed by atoms with Crippen molar-refractivity contribution < 1.29 is 23.1 Å². The molecule has 0 aliphatic carbocycles. The summed E-state index contributed by atoms with van der Waals surface area (Å²) in [5.41, 5.74) is -1.73. The molecule has 1 amide bonds. The zero-order valence-electron chi connectivity index (χ0n) is 12.3. The number of hydrogen-bond donors (Lipinski definition) is 2. The predicted octanol–water partition coefficient (Wildman–Crippen LogP) is 3.02. The molecule has 3 nitrogen and oxygen atoms in total. The average molecular weight is 303 g/mol. The van der Waals surface area contributed by atoms with E-state index in [9.17, 15) is 23.1 Å². The molecule has 1 unspecified atom stereocenters. The Bertz CT molecular complexity index is 516. The average Bonchev–Trinajstić information content (AvgIpc) is 2.40. The Morgan fingerprint density at radius 1 is 1.29 bits per heavy atom.